The second kappa shape index (κ2) is 8.11. The highest BCUT2D eigenvalue weighted by Gasteiger charge is 2.50. The molecule has 0 radical (unpaired) electrons. The lowest BCUT2D eigenvalue weighted by Crippen LogP contribution is -2.59. The zero-order valence-electron chi connectivity index (χ0n) is 17.3. The first-order chi connectivity index (χ1) is 14.8. The summed E-state index contributed by atoms with van der Waals surface area (Å²) in [5.41, 5.74) is 7.43. The van der Waals surface area contributed by atoms with Crippen LogP contribution in [0.4, 0.5) is 5.69 Å². The van der Waals surface area contributed by atoms with E-state index in [1.807, 2.05) is 56.3 Å². The van der Waals surface area contributed by atoms with Gasteiger partial charge in [0.1, 0.15) is 11.7 Å². The molecule has 0 saturated carbocycles. The van der Waals surface area contributed by atoms with Crippen molar-refractivity contribution >= 4 is 46.1 Å². The Morgan fingerprint density at radius 3 is 2.58 bits per heavy atom. The monoisotopic (exact) mass is 436 g/mol. The quantitative estimate of drug-likeness (QED) is 0.491. The summed E-state index contributed by atoms with van der Waals surface area (Å²) in [7, 11) is 0. The van der Waals surface area contributed by atoms with E-state index in [-0.39, 0.29) is 18.2 Å². The van der Waals surface area contributed by atoms with E-state index in [1.54, 1.807) is 12.1 Å². The van der Waals surface area contributed by atoms with Crippen molar-refractivity contribution in [3.8, 4) is 0 Å². The van der Waals surface area contributed by atoms with Gasteiger partial charge in [-0.2, -0.15) is 0 Å². The molecule has 0 fully saturated rings. The number of nitrogens with one attached hydrogen (secondary N) is 3. The Labute approximate surface area is 184 Å². The molecule has 1 aliphatic heterocycles. The van der Waals surface area contributed by atoms with Gasteiger partial charge in [-0.3, -0.25) is 14.4 Å². The van der Waals surface area contributed by atoms with Crippen molar-refractivity contribution in [1.29, 1.82) is 0 Å². The highest BCUT2D eigenvalue weighted by atomic mass is 32.2. The van der Waals surface area contributed by atoms with Crippen LogP contribution in [0, 0.1) is 5.92 Å². The molecule has 5 N–H and O–H groups in total. The van der Waals surface area contributed by atoms with Crippen LogP contribution in [0.3, 0.4) is 0 Å². The van der Waals surface area contributed by atoms with Crippen molar-refractivity contribution in [1.82, 2.24) is 10.3 Å². The Kier molecular flexibility index (Phi) is 5.49. The minimum absolute atomic E-state index is 0.0608. The molecule has 8 heteroatoms. The first-order valence-corrected chi connectivity index (χ1v) is 10.9. The van der Waals surface area contributed by atoms with E-state index in [9.17, 15) is 14.4 Å². The van der Waals surface area contributed by atoms with Crippen molar-refractivity contribution in [3.63, 3.8) is 0 Å². The van der Waals surface area contributed by atoms with Crippen LogP contribution in [0.15, 0.2) is 59.5 Å². The standard InChI is InChI=1S/C23H24N4O3S/c1-13(2)23(12-19(24)28)20(22(30)26-16-9-5-6-10-18(16)31-23)27-21(29)17-11-14-7-3-4-8-15(14)25-17/h3-11,13,20,25H,12H2,1-2H3,(H2,24,28)(H,26,30)(H,27,29). The average molecular weight is 437 g/mol. The summed E-state index contributed by atoms with van der Waals surface area (Å²) in [6.45, 7) is 3.86. The Morgan fingerprint density at radius 2 is 1.87 bits per heavy atom. The average Bonchev–Trinajstić information content (AvgIpc) is 3.12. The van der Waals surface area contributed by atoms with Crippen LogP contribution in [0.1, 0.15) is 30.8 Å². The number of carbonyl (C=O) groups is 3. The van der Waals surface area contributed by atoms with Gasteiger partial charge in [0.25, 0.3) is 5.91 Å². The lowest BCUT2D eigenvalue weighted by molar-refractivity contribution is -0.121. The fraction of sp³-hybridized carbons (Fsp3) is 0.261. The number of carbonyl (C=O) groups excluding carboxylic acids is 3. The van der Waals surface area contributed by atoms with Crippen LogP contribution in [0.2, 0.25) is 0 Å². The largest absolute Gasteiger partial charge is 0.370 e. The Balaban J connectivity index is 1.75. The molecule has 3 aromatic rings. The van der Waals surface area contributed by atoms with E-state index in [0.717, 1.165) is 15.8 Å². The summed E-state index contributed by atoms with van der Waals surface area (Å²) in [6, 6.07) is 15.7. The van der Waals surface area contributed by atoms with Crippen LogP contribution in [0.5, 0.6) is 0 Å². The molecular formula is C23H24N4O3S. The number of rotatable bonds is 5. The molecule has 0 bridgehead atoms. The maximum atomic E-state index is 13.3. The van der Waals surface area contributed by atoms with Crippen molar-refractivity contribution in [3.05, 3.63) is 60.3 Å². The van der Waals surface area contributed by atoms with E-state index in [0.29, 0.717) is 11.4 Å². The predicted octanol–water partition coefficient (Wildman–Crippen LogP) is 3.28. The van der Waals surface area contributed by atoms with Crippen molar-refractivity contribution in [2.45, 2.75) is 36.0 Å². The molecule has 160 valence electrons. The minimum atomic E-state index is -0.976. The lowest BCUT2D eigenvalue weighted by atomic mass is 9.83. The van der Waals surface area contributed by atoms with Gasteiger partial charge in [0.2, 0.25) is 11.8 Å². The highest BCUT2D eigenvalue weighted by molar-refractivity contribution is 8.01. The SMILES string of the molecule is CC(C)C1(CC(N)=O)Sc2ccccc2NC(=O)C1NC(=O)c1cc2ccccc2[nH]1. The van der Waals surface area contributed by atoms with E-state index in [4.69, 9.17) is 5.73 Å². The maximum absolute atomic E-state index is 13.3. The first-order valence-electron chi connectivity index (χ1n) is 10.1. The highest BCUT2D eigenvalue weighted by Crippen LogP contribution is 2.48. The molecule has 1 aromatic heterocycles. The van der Waals surface area contributed by atoms with Gasteiger partial charge >= 0.3 is 0 Å². The number of primary amides is 1. The van der Waals surface area contributed by atoms with Gasteiger partial charge in [-0.25, -0.2) is 0 Å². The van der Waals surface area contributed by atoms with Crippen LogP contribution < -0.4 is 16.4 Å². The Hall–Kier alpha value is -3.26. The number of nitrogens with two attached hydrogens (primary N) is 1. The van der Waals surface area contributed by atoms with Crippen LogP contribution in [-0.2, 0) is 9.59 Å². The van der Waals surface area contributed by atoms with Crippen molar-refractivity contribution in [2.24, 2.45) is 11.7 Å². The summed E-state index contributed by atoms with van der Waals surface area (Å²) in [6.07, 6.45) is -0.0608. The van der Waals surface area contributed by atoms with E-state index in [1.165, 1.54) is 11.8 Å². The molecule has 1 aliphatic rings. The molecule has 2 aromatic carbocycles. The van der Waals surface area contributed by atoms with E-state index >= 15 is 0 Å². The second-order valence-corrected chi connectivity index (χ2v) is 9.42. The van der Waals surface area contributed by atoms with Crippen molar-refractivity contribution < 1.29 is 14.4 Å². The number of amides is 3. The van der Waals surface area contributed by atoms with Crippen molar-refractivity contribution in [2.75, 3.05) is 5.32 Å². The number of aromatic amines is 1. The zero-order valence-corrected chi connectivity index (χ0v) is 18.1. The molecule has 0 aliphatic carbocycles. The number of H-pyrrole nitrogens is 1. The molecule has 31 heavy (non-hydrogen) atoms. The summed E-state index contributed by atoms with van der Waals surface area (Å²) in [4.78, 5) is 42.5. The van der Waals surface area contributed by atoms with Crippen LogP contribution in [0.25, 0.3) is 10.9 Å². The number of fused-ring (bicyclic) bond motifs is 2. The minimum Gasteiger partial charge on any atom is -0.370 e. The van der Waals surface area contributed by atoms with Gasteiger partial charge < -0.3 is 21.4 Å². The van der Waals surface area contributed by atoms with Gasteiger partial charge in [0, 0.05) is 22.2 Å². The van der Waals surface area contributed by atoms with Gasteiger partial charge in [0.15, 0.2) is 0 Å². The van der Waals surface area contributed by atoms with Crippen LogP contribution in [-0.4, -0.2) is 33.5 Å². The molecule has 2 atom stereocenters. The summed E-state index contributed by atoms with van der Waals surface area (Å²) < 4.78 is -0.954. The lowest BCUT2D eigenvalue weighted by Gasteiger charge is -2.40. The van der Waals surface area contributed by atoms with Gasteiger partial charge in [0.05, 0.1) is 10.4 Å². The van der Waals surface area contributed by atoms with E-state index in [2.05, 4.69) is 15.6 Å². The fourth-order valence-electron chi connectivity index (χ4n) is 4.01. The molecule has 4 rings (SSSR count). The number of aromatic nitrogens is 1. The molecule has 7 nitrogen and oxygen atoms in total. The molecule has 0 saturated heterocycles. The number of anilines is 1. The first kappa shape index (κ1) is 21.0. The number of hydrogen-bond acceptors (Lipinski definition) is 4. The summed E-state index contributed by atoms with van der Waals surface area (Å²) in [5, 5.41) is 6.68. The normalized spacial score (nSPS) is 20.7. The topological polar surface area (TPSA) is 117 Å². The Bertz CT molecular complexity index is 1140. The van der Waals surface area contributed by atoms with Crippen LogP contribution >= 0.6 is 11.8 Å². The zero-order chi connectivity index (χ0) is 22.2. The third-order valence-corrected chi connectivity index (χ3v) is 7.48. The number of para-hydroxylation sites is 2. The second-order valence-electron chi connectivity index (χ2n) is 8.02. The molecule has 3 amide bonds. The number of hydrogen-bond donors (Lipinski definition) is 4. The van der Waals surface area contributed by atoms with Gasteiger partial charge in [-0.15, -0.1) is 11.8 Å². The summed E-state index contributed by atoms with van der Waals surface area (Å²) >= 11 is 1.41. The maximum Gasteiger partial charge on any atom is 0.268 e. The fourth-order valence-corrected chi connectivity index (χ4v) is 5.53. The predicted molar refractivity (Wildman–Crippen MR) is 122 cm³/mol. The molecule has 2 unspecified atom stereocenters. The van der Waals surface area contributed by atoms with Gasteiger partial charge in [-0.1, -0.05) is 44.2 Å². The third kappa shape index (κ3) is 3.90. The number of thioether (sulfide) groups is 1. The number of benzene rings is 2. The van der Waals surface area contributed by atoms with E-state index < -0.39 is 22.6 Å². The third-order valence-electron chi connectivity index (χ3n) is 5.67. The Morgan fingerprint density at radius 1 is 1.16 bits per heavy atom. The smallest absolute Gasteiger partial charge is 0.268 e. The molecular weight excluding hydrogens is 412 g/mol. The van der Waals surface area contributed by atoms with Gasteiger partial charge in [-0.05, 0) is 30.2 Å². The summed E-state index contributed by atoms with van der Waals surface area (Å²) in [5.74, 6) is -1.47. The molecule has 2 heterocycles. The molecule has 0 spiro atoms.